The number of nitrogens with one attached hydrogen (secondary N) is 1. The standard InChI is InChI=1S/C21H25NO5/c1-14(2)27-13-15-5-8-17(9-6-15)20(23)22-12-16-7-10-19(25-3)18(11-16)21(24)26-4/h5-11,14H,12-13H2,1-4H3,(H,22,23). The smallest absolute Gasteiger partial charge is 0.341 e. The lowest BCUT2D eigenvalue weighted by Crippen LogP contribution is -2.23. The summed E-state index contributed by atoms with van der Waals surface area (Å²) in [6.45, 7) is 4.76. The quantitative estimate of drug-likeness (QED) is 0.721. The van der Waals surface area contributed by atoms with Crippen molar-refractivity contribution in [3.05, 3.63) is 64.7 Å². The van der Waals surface area contributed by atoms with Crippen molar-refractivity contribution in [3.8, 4) is 5.75 Å². The van der Waals surface area contributed by atoms with Gasteiger partial charge in [-0.1, -0.05) is 18.2 Å². The third-order valence-corrected chi connectivity index (χ3v) is 3.92. The van der Waals surface area contributed by atoms with Gasteiger partial charge >= 0.3 is 5.97 Å². The molecule has 0 saturated heterocycles. The van der Waals surface area contributed by atoms with Crippen molar-refractivity contribution in [2.75, 3.05) is 14.2 Å². The molecule has 0 heterocycles. The number of esters is 1. The molecule has 2 rings (SSSR count). The number of hydrogen-bond donors (Lipinski definition) is 1. The summed E-state index contributed by atoms with van der Waals surface area (Å²) in [5.41, 5.74) is 2.66. The highest BCUT2D eigenvalue weighted by Gasteiger charge is 2.14. The van der Waals surface area contributed by atoms with Crippen LogP contribution in [0.5, 0.6) is 5.75 Å². The summed E-state index contributed by atoms with van der Waals surface area (Å²) in [6, 6.07) is 12.4. The van der Waals surface area contributed by atoms with Gasteiger partial charge in [0, 0.05) is 12.1 Å². The predicted molar refractivity (Wildman–Crippen MR) is 102 cm³/mol. The fourth-order valence-electron chi connectivity index (χ4n) is 2.43. The van der Waals surface area contributed by atoms with E-state index in [1.54, 1.807) is 30.3 Å². The molecule has 6 heteroatoms. The summed E-state index contributed by atoms with van der Waals surface area (Å²) in [6.07, 6.45) is 0.160. The Hall–Kier alpha value is -2.86. The number of carbonyl (C=O) groups excluding carboxylic acids is 2. The zero-order valence-corrected chi connectivity index (χ0v) is 16.1. The van der Waals surface area contributed by atoms with E-state index in [9.17, 15) is 9.59 Å². The van der Waals surface area contributed by atoms with Crippen molar-refractivity contribution in [2.24, 2.45) is 0 Å². The van der Waals surface area contributed by atoms with Gasteiger partial charge in [-0.25, -0.2) is 4.79 Å². The van der Waals surface area contributed by atoms with Crippen molar-refractivity contribution in [1.82, 2.24) is 5.32 Å². The van der Waals surface area contributed by atoms with Gasteiger partial charge in [0.15, 0.2) is 0 Å². The summed E-state index contributed by atoms with van der Waals surface area (Å²) in [7, 11) is 2.80. The van der Waals surface area contributed by atoms with E-state index in [4.69, 9.17) is 14.2 Å². The van der Waals surface area contributed by atoms with Gasteiger partial charge in [0.1, 0.15) is 11.3 Å². The van der Waals surface area contributed by atoms with Crippen LogP contribution in [0.25, 0.3) is 0 Å². The van der Waals surface area contributed by atoms with Crippen molar-refractivity contribution in [1.29, 1.82) is 0 Å². The Kier molecular flexibility index (Phi) is 7.37. The molecule has 1 amide bonds. The molecule has 0 aromatic heterocycles. The second kappa shape index (κ2) is 9.73. The van der Waals surface area contributed by atoms with Crippen LogP contribution in [0.4, 0.5) is 0 Å². The Morgan fingerprint density at radius 1 is 1.00 bits per heavy atom. The van der Waals surface area contributed by atoms with Gasteiger partial charge < -0.3 is 19.5 Å². The van der Waals surface area contributed by atoms with Gasteiger partial charge in [0.25, 0.3) is 5.91 Å². The van der Waals surface area contributed by atoms with Crippen LogP contribution in [0.2, 0.25) is 0 Å². The lowest BCUT2D eigenvalue weighted by molar-refractivity contribution is 0.0596. The molecular formula is C21H25NO5. The molecule has 2 aromatic rings. The van der Waals surface area contributed by atoms with E-state index in [1.165, 1.54) is 14.2 Å². The monoisotopic (exact) mass is 371 g/mol. The minimum absolute atomic E-state index is 0.160. The van der Waals surface area contributed by atoms with E-state index in [1.807, 2.05) is 26.0 Å². The highest BCUT2D eigenvalue weighted by atomic mass is 16.5. The van der Waals surface area contributed by atoms with E-state index in [0.29, 0.717) is 23.5 Å². The van der Waals surface area contributed by atoms with E-state index in [-0.39, 0.29) is 18.6 Å². The number of methoxy groups -OCH3 is 2. The Bertz CT molecular complexity index is 784. The van der Waals surface area contributed by atoms with Gasteiger partial charge in [0.2, 0.25) is 0 Å². The molecule has 2 aromatic carbocycles. The molecule has 6 nitrogen and oxygen atoms in total. The first kappa shape index (κ1) is 20.5. The summed E-state index contributed by atoms with van der Waals surface area (Å²) in [4.78, 5) is 24.2. The first-order chi connectivity index (χ1) is 12.9. The first-order valence-corrected chi connectivity index (χ1v) is 8.68. The fraction of sp³-hybridized carbons (Fsp3) is 0.333. The predicted octanol–water partition coefficient (Wildman–Crippen LogP) is 3.34. The average Bonchev–Trinajstić information content (AvgIpc) is 2.69. The lowest BCUT2D eigenvalue weighted by atomic mass is 10.1. The molecule has 0 atom stereocenters. The summed E-state index contributed by atoms with van der Waals surface area (Å²) < 4.78 is 15.5. The van der Waals surface area contributed by atoms with Crippen LogP contribution in [0.15, 0.2) is 42.5 Å². The molecule has 1 N–H and O–H groups in total. The number of rotatable bonds is 8. The van der Waals surface area contributed by atoms with Crippen molar-refractivity contribution in [3.63, 3.8) is 0 Å². The highest BCUT2D eigenvalue weighted by Crippen LogP contribution is 2.20. The van der Waals surface area contributed by atoms with Crippen LogP contribution in [0.1, 0.15) is 45.7 Å². The van der Waals surface area contributed by atoms with Crippen LogP contribution >= 0.6 is 0 Å². The molecule has 0 aliphatic heterocycles. The van der Waals surface area contributed by atoms with Crippen LogP contribution in [-0.4, -0.2) is 32.2 Å². The topological polar surface area (TPSA) is 73.9 Å². The SMILES string of the molecule is COC(=O)c1cc(CNC(=O)c2ccc(COC(C)C)cc2)ccc1OC. The Morgan fingerprint density at radius 2 is 1.67 bits per heavy atom. The van der Waals surface area contributed by atoms with Gasteiger partial charge in [-0.05, 0) is 49.2 Å². The third kappa shape index (κ3) is 5.82. The van der Waals surface area contributed by atoms with E-state index < -0.39 is 5.97 Å². The van der Waals surface area contributed by atoms with Crippen molar-refractivity contribution < 1.29 is 23.8 Å². The lowest BCUT2D eigenvalue weighted by Gasteiger charge is -2.11. The van der Waals surface area contributed by atoms with Gasteiger partial charge in [-0.2, -0.15) is 0 Å². The second-order valence-corrected chi connectivity index (χ2v) is 6.27. The van der Waals surface area contributed by atoms with E-state index in [0.717, 1.165) is 11.1 Å². The summed E-state index contributed by atoms with van der Waals surface area (Å²) in [5, 5.41) is 2.84. The van der Waals surface area contributed by atoms with Gasteiger partial charge in [-0.15, -0.1) is 0 Å². The maximum absolute atomic E-state index is 12.3. The number of ether oxygens (including phenoxy) is 3. The first-order valence-electron chi connectivity index (χ1n) is 8.68. The van der Waals surface area contributed by atoms with Crippen LogP contribution < -0.4 is 10.1 Å². The molecule has 0 radical (unpaired) electrons. The van der Waals surface area contributed by atoms with E-state index >= 15 is 0 Å². The Morgan fingerprint density at radius 3 is 2.26 bits per heavy atom. The molecule has 0 unspecified atom stereocenters. The number of carbonyl (C=O) groups is 2. The minimum atomic E-state index is -0.487. The van der Waals surface area contributed by atoms with Gasteiger partial charge in [-0.3, -0.25) is 4.79 Å². The summed E-state index contributed by atoms with van der Waals surface area (Å²) >= 11 is 0. The molecule has 0 fully saturated rings. The highest BCUT2D eigenvalue weighted by molar-refractivity contribution is 5.94. The molecule has 0 spiro atoms. The second-order valence-electron chi connectivity index (χ2n) is 6.27. The molecular weight excluding hydrogens is 346 g/mol. The Balaban J connectivity index is 1.99. The van der Waals surface area contributed by atoms with Crippen molar-refractivity contribution >= 4 is 11.9 Å². The summed E-state index contributed by atoms with van der Waals surface area (Å²) in [5.74, 6) is -0.253. The van der Waals surface area contributed by atoms with Crippen LogP contribution in [-0.2, 0) is 22.6 Å². The third-order valence-electron chi connectivity index (χ3n) is 3.92. The molecule has 0 bridgehead atoms. The Labute approximate surface area is 159 Å². The number of benzene rings is 2. The number of hydrogen-bond acceptors (Lipinski definition) is 5. The van der Waals surface area contributed by atoms with Crippen LogP contribution in [0, 0.1) is 0 Å². The molecule has 144 valence electrons. The molecule has 0 aliphatic rings. The largest absolute Gasteiger partial charge is 0.496 e. The maximum atomic E-state index is 12.3. The zero-order valence-electron chi connectivity index (χ0n) is 16.1. The average molecular weight is 371 g/mol. The van der Waals surface area contributed by atoms with Crippen LogP contribution in [0.3, 0.4) is 0 Å². The minimum Gasteiger partial charge on any atom is -0.496 e. The molecule has 27 heavy (non-hydrogen) atoms. The van der Waals surface area contributed by atoms with Gasteiger partial charge in [0.05, 0.1) is 26.9 Å². The maximum Gasteiger partial charge on any atom is 0.341 e. The zero-order chi connectivity index (χ0) is 19.8. The normalized spacial score (nSPS) is 10.6. The van der Waals surface area contributed by atoms with Crippen molar-refractivity contribution in [2.45, 2.75) is 33.1 Å². The number of amides is 1. The fourth-order valence-corrected chi connectivity index (χ4v) is 2.43. The molecule has 0 aliphatic carbocycles. The van der Waals surface area contributed by atoms with E-state index in [2.05, 4.69) is 5.32 Å². The molecule has 0 saturated carbocycles.